The van der Waals surface area contributed by atoms with E-state index in [1.165, 1.54) is 14.2 Å². The summed E-state index contributed by atoms with van der Waals surface area (Å²) in [5.74, 6) is -1.91. The number of hydroxylamine groups is 1. The van der Waals surface area contributed by atoms with Crippen molar-refractivity contribution in [1.82, 2.24) is 5.48 Å². The van der Waals surface area contributed by atoms with Crippen LogP contribution in [0.25, 0.3) is 0 Å². The van der Waals surface area contributed by atoms with Crippen LogP contribution >= 0.6 is 0 Å². The van der Waals surface area contributed by atoms with Gasteiger partial charge in [0.1, 0.15) is 5.92 Å². The number of hydrogen-bond acceptors (Lipinski definition) is 6. The number of esters is 2. The van der Waals surface area contributed by atoms with E-state index < -0.39 is 30.0 Å². The van der Waals surface area contributed by atoms with Crippen molar-refractivity contribution in [3.8, 4) is 0 Å². The van der Waals surface area contributed by atoms with Crippen molar-refractivity contribution >= 4 is 11.9 Å². The normalized spacial score (nSPS) is 25.9. The smallest absolute Gasteiger partial charge is 0.338 e. The molecule has 3 atom stereocenters. The Kier molecular flexibility index (Phi) is 4.13. The fraction of sp³-hybridized carbons (Fsp3) is 0.385. The summed E-state index contributed by atoms with van der Waals surface area (Å²) >= 11 is 0. The standard InChI is InChI=1S/C13H15NO5/c1-17-12(15)9-10(8-6-4-3-5-7-8)14-19-11(9)13(16)18-2/h3-7,9-11,14H,1-2H3/t9-,10-,11+/m0/s1. The molecule has 6 heteroatoms. The van der Waals surface area contributed by atoms with Crippen LogP contribution in [-0.2, 0) is 23.9 Å². The van der Waals surface area contributed by atoms with Gasteiger partial charge < -0.3 is 9.47 Å². The molecule has 0 spiro atoms. The Morgan fingerprint density at radius 1 is 1.11 bits per heavy atom. The van der Waals surface area contributed by atoms with Crippen LogP contribution in [0.2, 0.25) is 0 Å². The van der Waals surface area contributed by atoms with Gasteiger partial charge in [-0.05, 0) is 5.56 Å². The van der Waals surface area contributed by atoms with Crippen molar-refractivity contribution in [2.24, 2.45) is 5.92 Å². The van der Waals surface area contributed by atoms with Crippen molar-refractivity contribution in [2.45, 2.75) is 12.1 Å². The molecule has 0 aliphatic carbocycles. The van der Waals surface area contributed by atoms with Crippen LogP contribution in [0, 0.1) is 5.92 Å². The molecule has 1 aromatic rings. The second-order valence-electron chi connectivity index (χ2n) is 4.12. The highest BCUT2D eigenvalue weighted by Crippen LogP contribution is 2.33. The monoisotopic (exact) mass is 265 g/mol. The van der Waals surface area contributed by atoms with E-state index in [1.807, 2.05) is 30.3 Å². The molecular formula is C13H15NO5. The van der Waals surface area contributed by atoms with Crippen molar-refractivity contribution < 1.29 is 23.9 Å². The summed E-state index contributed by atoms with van der Waals surface area (Å²) in [4.78, 5) is 28.7. The van der Waals surface area contributed by atoms with Crippen LogP contribution in [0.3, 0.4) is 0 Å². The molecule has 1 fully saturated rings. The van der Waals surface area contributed by atoms with Crippen LogP contribution in [0.4, 0.5) is 0 Å². The van der Waals surface area contributed by atoms with E-state index in [2.05, 4.69) is 10.2 Å². The zero-order valence-corrected chi connectivity index (χ0v) is 10.7. The Morgan fingerprint density at radius 3 is 2.32 bits per heavy atom. The van der Waals surface area contributed by atoms with Crippen LogP contribution < -0.4 is 5.48 Å². The van der Waals surface area contributed by atoms with E-state index in [9.17, 15) is 9.59 Å². The lowest BCUT2D eigenvalue weighted by atomic mass is 9.90. The molecule has 0 aromatic heterocycles. The first-order valence-corrected chi connectivity index (χ1v) is 5.80. The summed E-state index contributed by atoms with van der Waals surface area (Å²) < 4.78 is 9.38. The fourth-order valence-electron chi connectivity index (χ4n) is 2.11. The third-order valence-electron chi connectivity index (χ3n) is 3.07. The molecule has 1 N–H and O–H groups in total. The molecule has 0 bridgehead atoms. The average Bonchev–Trinajstić information content (AvgIpc) is 2.91. The van der Waals surface area contributed by atoms with Gasteiger partial charge in [0, 0.05) is 0 Å². The van der Waals surface area contributed by atoms with Crippen molar-refractivity contribution in [2.75, 3.05) is 14.2 Å². The van der Waals surface area contributed by atoms with Crippen LogP contribution in [0.15, 0.2) is 30.3 Å². The minimum Gasteiger partial charge on any atom is -0.469 e. The minimum absolute atomic E-state index is 0.447. The highest BCUT2D eigenvalue weighted by atomic mass is 16.7. The lowest BCUT2D eigenvalue weighted by Gasteiger charge is -2.18. The van der Waals surface area contributed by atoms with Crippen LogP contribution in [0.5, 0.6) is 0 Å². The van der Waals surface area contributed by atoms with E-state index in [-0.39, 0.29) is 0 Å². The molecule has 19 heavy (non-hydrogen) atoms. The summed E-state index contributed by atoms with van der Waals surface area (Å²) in [6.07, 6.45) is -1.01. The maximum Gasteiger partial charge on any atom is 0.338 e. The summed E-state index contributed by atoms with van der Waals surface area (Å²) in [6.45, 7) is 0. The minimum atomic E-state index is -1.01. The van der Waals surface area contributed by atoms with Gasteiger partial charge in [0.05, 0.1) is 20.3 Å². The van der Waals surface area contributed by atoms with E-state index in [1.54, 1.807) is 0 Å². The van der Waals surface area contributed by atoms with Gasteiger partial charge in [0.25, 0.3) is 0 Å². The Labute approximate surface area is 110 Å². The zero-order chi connectivity index (χ0) is 13.8. The number of methoxy groups -OCH3 is 2. The second-order valence-corrected chi connectivity index (χ2v) is 4.12. The molecule has 1 saturated heterocycles. The number of hydrogen-bond donors (Lipinski definition) is 1. The number of ether oxygens (including phenoxy) is 2. The molecule has 1 aliphatic heterocycles. The molecule has 0 saturated carbocycles. The quantitative estimate of drug-likeness (QED) is 0.806. The number of carbonyl (C=O) groups is 2. The van der Waals surface area contributed by atoms with E-state index >= 15 is 0 Å². The van der Waals surface area contributed by atoms with Crippen LogP contribution in [-0.4, -0.2) is 32.3 Å². The number of nitrogens with one attached hydrogen (secondary N) is 1. The zero-order valence-electron chi connectivity index (χ0n) is 10.7. The molecule has 2 rings (SSSR count). The summed E-state index contributed by atoms with van der Waals surface area (Å²) in [7, 11) is 2.52. The molecule has 1 heterocycles. The summed E-state index contributed by atoms with van der Waals surface area (Å²) in [5, 5.41) is 0. The topological polar surface area (TPSA) is 73.9 Å². The van der Waals surface area contributed by atoms with Crippen molar-refractivity contribution in [3.05, 3.63) is 35.9 Å². The maximum absolute atomic E-state index is 11.9. The van der Waals surface area contributed by atoms with Gasteiger partial charge >= 0.3 is 11.9 Å². The van der Waals surface area contributed by atoms with Gasteiger partial charge in [-0.2, -0.15) is 5.48 Å². The van der Waals surface area contributed by atoms with Crippen molar-refractivity contribution in [3.63, 3.8) is 0 Å². The first-order chi connectivity index (χ1) is 9.19. The summed E-state index contributed by atoms with van der Waals surface area (Å²) in [5.41, 5.74) is 3.54. The predicted molar refractivity (Wildman–Crippen MR) is 64.7 cm³/mol. The van der Waals surface area contributed by atoms with E-state index in [4.69, 9.17) is 9.57 Å². The molecule has 1 aliphatic rings. The maximum atomic E-state index is 11.9. The molecule has 0 unspecified atom stereocenters. The molecule has 102 valence electrons. The lowest BCUT2D eigenvalue weighted by Crippen LogP contribution is -2.35. The largest absolute Gasteiger partial charge is 0.469 e. The number of carbonyl (C=O) groups excluding carboxylic acids is 2. The van der Waals surface area contributed by atoms with Gasteiger partial charge in [-0.3, -0.25) is 9.63 Å². The fourth-order valence-corrected chi connectivity index (χ4v) is 2.11. The summed E-state index contributed by atoms with van der Waals surface area (Å²) in [6, 6.07) is 8.79. The molecule has 6 nitrogen and oxygen atoms in total. The molecule has 1 aromatic carbocycles. The Balaban J connectivity index is 2.29. The highest BCUT2D eigenvalue weighted by molar-refractivity contribution is 5.85. The van der Waals surface area contributed by atoms with Gasteiger partial charge in [-0.25, -0.2) is 4.79 Å². The first-order valence-electron chi connectivity index (χ1n) is 5.80. The number of benzene rings is 1. The van der Waals surface area contributed by atoms with Crippen LogP contribution in [0.1, 0.15) is 11.6 Å². The molecule has 0 amide bonds. The second kappa shape index (κ2) is 5.81. The molecular weight excluding hydrogens is 250 g/mol. The first kappa shape index (κ1) is 13.5. The average molecular weight is 265 g/mol. The molecule has 0 radical (unpaired) electrons. The van der Waals surface area contributed by atoms with Gasteiger partial charge in [0.2, 0.25) is 0 Å². The van der Waals surface area contributed by atoms with E-state index in [0.717, 1.165) is 5.56 Å². The van der Waals surface area contributed by atoms with Gasteiger partial charge in [-0.15, -0.1) is 0 Å². The lowest BCUT2D eigenvalue weighted by molar-refractivity contribution is -0.162. The SMILES string of the molecule is COC(=O)[C@@H]1[C@H](C(=O)OC)ON[C@H]1c1ccccc1. The predicted octanol–water partition coefficient (Wildman–Crippen LogP) is 0.593. The Bertz CT molecular complexity index is 461. The third-order valence-corrected chi connectivity index (χ3v) is 3.07. The Hall–Kier alpha value is -1.92. The number of rotatable bonds is 3. The van der Waals surface area contributed by atoms with Gasteiger partial charge in [-0.1, -0.05) is 30.3 Å². The van der Waals surface area contributed by atoms with Crippen molar-refractivity contribution in [1.29, 1.82) is 0 Å². The highest BCUT2D eigenvalue weighted by Gasteiger charge is 2.48. The van der Waals surface area contributed by atoms with E-state index in [0.29, 0.717) is 0 Å². The van der Waals surface area contributed by atoms with Gasteiger partial charge in [0.15, 0.2) is 6.10 Å². The Morgan fingerprint density at radius 2 is 1.74 bits per heavy atom. The third kappa shape index (κ3) is 2.59.